The van der Waals surface area contributed by atoms with E-state index in [9.17, 15) is 28.6 Å². The van der Waals surface area contributed by atoms with E-state index < -0.39 is 57.1 Å². The molecular formula is C31H38ClFN6O6S. The Morgan fingerprint density at radius 3 is 2.48 bits per heavy atom. The predicted octanol–water partition coefficient (Wildman–Crippen LogP) is 5.78. The lowest BCUT2D eigenvalue weighted by Gasteiger charge is -2.44. The first-order chi connectivity index (χ1) is 22.0. The maximum atomic E-state index is 15.4. The number of carbonyl (C=O) groups is 2. The summed E-state index contributed by atoms with van der Waals surface area (Å²) >= 11 is 6.13. The van der Waals surface area contributed by atoms with E-state index in [0.717, 1.165) is 5.56 Å². The van der Waals surface area contributed by atoms with Gasteiger partial charge in [-0.15, -0.1) is 0 Å². The SMILES string of the molecule is CC1CN(C(=O)O)CC(CCc2c(F)cccc2NC(=O)[C@@H](N=[N+]=[N-])[C@@H](c2ccc(Cl)cc2)C2CCOCC2)N1S(=O)(=O)C1CC1. The van der Waals surface area contributed by atoms with Gasteiger partial charge in [-0.1, -0.05) is 34.9 Å². The molecule has 0 bridgehead atoms. The average Bonchev–Trinajstić information content (AvgIpc) is 3.88. The third kappa shape index (κ3) is 7.58. The number of halogens is 2. The van der Waals surface area contributed by atoms with Gasteiger partial charge in [0.15, 0.2) is 0 Å². The van der Waals surface area contributed by atoms with Crippen molar-refractivity contribution in [3.05, 3.63) is 74.9 Å². The zero-order valence-electron chi connectivity index (χ0n) is 25.5. The van der Waals surface area contributed by atoms with Crippen molar-refractivity contribution in [2.75, 3.05) is 31.6 Å². The van der Waals surface area contributed by atoms with Gasteiger partial charge in [-0.2, -0.15) is 4.31 Å². The van der Waals surface area contributed by atoms with Crippen LogP contribution in [0.15, 0.2) is 47.6 Å². The van der Waals surface area contributed by atoms with Crippen molar-refractivity contribution in [2.45, 2.75) is 74.7 Å². The van der Waals surface area contributed by atoms with Gasteiger partial charge in [0.25, 0.3) is 0 Å². The summed E-state index contributed by atoms with van der Waals surface area (Å²) in [7, 11) is -3.66. The monoisotopic (exact) mass is 676 g/mol. The fraction of sp³-hybridized carbons (Fsp3) is 0.548. The molecule has 15 heteroatoms. The van der Waals surface area contributed by atoms with Gasteiger partial charge in [-0.3, -0.25) is 4.79 Å². The summed E-state index contributed by atoms with van der Waals surface area (Å²) in [6, 6.07) is 8.80. The number of carbonyl (C=O) groups excluding carboxylic acids is 1. The van der Waals surface area contributed by atoms with E-state index in [1.165, 1.54) is 21.3 Å². The summed E-state index contributed by atoms with van der Waals surface area (Å²) in [4.78, 5) is 29.9. The summed E-state index contributed by atoms with van der Waals surface area (Å²) in [6.45, 7) is 2.68. The molecule has 5 rings (SSSR count). The highest BCUT2D eigenvalue weighted by Crippen LogP contribution is 2.39. The second-order valence-corrected chi connectivity index (χ2v) is 14.8. The number of amides is 2. The highest BCUT2D eigenvalue weighted by Gasteiger charge is 2.47. The smallest absolute Gasteiger partial charge is 0.407 e. The van der Waals surface area contributed by atoms with E-state index in [2.05, 4.69) is 15.3 Å². The highest BCUT2D eigenvalue weighted by molar-refractivity contribution is 7.90. The number of ether oxygens (including phenoxy) is 1. The van der Waals surface area contributed by atoms with Gasteiger partial charge in [0.1, 0.15) is 11.9 Å². The van der Waals surface area contributed by atoms with Gasteiger partial charge in [0, 0.05) is 65.5 Å². The van der Waals surface area contributed by atoms with Crippen molar-refractivity contribution in [1.29, 1.82) is 0 Å². The molecule has 248 valence electrons. The Kier molecular flexibility index (Phi) is 10.7. The number of hydrogen-bond acceptors (Lipinski definition) is 6. The van der Waals surface area contributed by atoms with E-state index in [-0.39, 0.29) is 43.1 Å². The zero-order valence-corrected chi connectivity index (χ0v) is 27.0. The number of benzene rings is 2. The first-order valence-electron chi connectivity index (χ1n) is 15.5. The van der Waals surface area contributed by atoms with E-state index in [4.69, 9.17) is 16.3 Å². The van der Waals surface area contributed by atoms with E-state index in [0.29, 0.717) is 43.9 Å². The number of anilines is 1. The molecule has 1 saturated carbocycles. The topological polar surface area (TPSA) is 165 Å². The van der Waals surface area contributed by atoms with Crippen molar-refractivity contribution in [3.8, 4) is 0 Å². The van der Waals surface area contributed by atoms with Crippen molar-refractivity contribution >= 4 is 39.3 Å². The van der Waals surface area contributed by atoms with Crippen LogP contribution in [0.5, 0.6) is 0 Å². The minimum atomic E-state index is -3.66. The molecule has 1 aliphatic carbocycles. The van der Waals surface area contributed by atoms with Crippen molar-refractivity contribution in [1.82, 2.24) is 9.21 Å². The van der Waals surface area contributed by atoms with Crippen LogP contribution in [0.2, 0.25) is 5.02 Å². The minimum absolute atomic E-state index is 0.0244. The molecule has 0 radical (unpaired) electrons. The molecule has 2 unspecified atom stereocenters. The summed E-state index contributed by atoms with van der Waals surface area (Å²) in [5.41, 5.74) is 10.6. The van der Waals surface area contributed by atoms with Crippen LogP contribution in [0, 0.1) is 11.7 Å². The van der Waals surface area contributed by atoms with Crippen molar-refractivity contribution in [3.63, 3.8) is 0 Å². The first-order valence-corrected chi connectivity index (χ1v) is 17.3. The molecule has 2 saturated heterocycles. The number of piperazine rings is 1. The molecule has 2 amide bonds. The number of nitrogens with zero attached hydrogens (tertiary/aromatic N) is 5. The zero-order chi connectivity index (χ0) is 33.0. The Bertz CT molecular complexity index is 1580. The molecule has 2 heterocycles. The fourth-order valence-corrected chi connectivity index (χ4v) is 9.16. The largest absolute Gasteiger partial charge is 0.465 e. The molecular weight excluding hydrogens is 639 g/mol. The summed E-state index contributed by atoms with van der Waals surface area (Å²) < 4.78 is 49.1. The molecule has 2 aromatic carbocycles. The second-order valence-electron chi connectivity index (χ2n) is 12.2. The Labute approximate surface area is 272 Å². The normalized spacial score (nSPS) is 22.5. The summed E-state index contributed by atoms with van der Waals surface area (Å²) in [5, 5.41) is 16.4. The van der Waals surface area contributed by atoms with Gasteiger partial charge >= 0.3 is 6.09 Å². The highest BCUT2D eigenvalue weighted by atomic mass is 35.5. The summed E-state index contributed by atoms with van der Waals surface area (Å²) in [6.07, 6.45) is 1.41. The van der Waals surface area contributed by atoms with Crippen LogP contribution in [-0.4, -0.2) is 84.4 Å². The molecule has 12 nitrogen and oxygen atoms in total. The third-order valence-corrected chi connectivity index (χ3v) is 11.9. The minimum Gasteiger partial charge on any atom is -0.465 e. The number of nitrogens with one attached hydrogen (secondary N) is 1. The molecule has 0 spiro atoms. The van der Waals surface area contributed by atoms with Gasteiger partial charge in [0.2, 0.25) is 15.9 Å². The van der Waals surface area contributed by atoms with Gasteiger partial charge in [-0.05, 0) is 86.7 Å². The number of sulfonamides is 1. The van der Waals surface area contributed by atoms with Crippen molar-refractivity contribution < 1.29 is 32.2 Å². The molecule has 2 aliphatic heterocycles. The second kappa shape index (κ2) is 14.6. The Morgan fingerprint density at radius 1 is 1.15 bits per heavy atom. The molecule has 46 heavy (non-hydrogen) atoms. The first kappa shape index (κ1) is 33.9. The molecule has 3 fully saturated rings. The standard InChI is InChI=1S/C31H38ClFN6O6S/c1-19-17-38(31(41)42)18-23(39(19)46(43,44)24-10-11-24)9-12-25-26(33)3-2-4-27(25)35-30(40)29(36-37-34)28(21-13-15-45-16-14-21)20-5-7-22(32)8-6-20/h2-8,19,21,23-24,28-29H,9-18H2,1H3,(H,35,40)(H,41,42)/t19?,23?,28-,29-/m0/s1. The van der Waals surface area contributed by atoms with Gasteiger partial charge < -0.3 is 20.1 Å². The fourth-order valence-electron chi connectivity index (χ4n) is 6.80. The maximum Gasteiger partial charge on any atom is 0.407 e. The molecule has 3 aliphatic rings. The van der Waals surface area contributed by atoms with Crippen LogP contribution in [0.4, 0.5) is 14.9 Å². The predicted molar refractivity (Wildman–Crippen MR) is 171 cm³/mol. The van der Waals surface area contributed by atoms with Crippen LogP contribution in [-0.2, 0) is 26.0 Å². The third-order valence-electron chi connectivity index (χ3n) is 9.14. The average molecular weight is 677 g/mol. The molecule has 2 aromatic rings. The molecule has 2 N–H and O–H groups in total. The quantitative estimate of drug-likeness (QED) is 0.174. The van der Waals surface area contributed by atoms with E-state index >= 15 is 4.39 Å². The van der Waals surface area contributed by atoms with Crippen LogP contribution >= 0.6 is 11.6 Å². The Hall–Kier alpha value is -3.42. The lowest BCUT2D eigenvalue weighted by Crippen LogP contribution is -2.61. The molecule has 4 atom stereocenters. The van der Waals surface area contributed by atoms with E-state index in [1.54, 1.807) is 37.3 Å². The summed E-state index contributed by atoms with van der Waals surface area (Å²) in [5.74, 6) is -1.75. The Balaban J connectivity index is 1.41. The van der Waals surface area contributed by atoms with Crippen LogP contribution < -0.4 is 5.32 Å². The Morgan fingerprint density at radius 2 is 1.85 bits per heavy atom. The number of azide groups is 1. The van der Waals surface area contributed by atoms with E-state index in [1.807, 2.05) is 0 Å². The maximum absolute atomic E-state index is 15.4. The number of hydrogen-bond donors (Lipinski definition) is 2. The van der Waals surface area contributed by atoms with Crippen LogP contribution in [0.3, 0.4) is 0 Å². The number of carboxylic acid groups (broad SMARTS) is 1. The lowest BCUT2D eigenvalue weighted by atomic mass is 9.76. The molecule has 0 aromatic heterocycles. The lowest BCUT2D eigenvalue weighted by molar-refractivity contribution is -0.118. The van der Waals surface area contributed by atoms with Gasteiger partial charge in [0.05, 0.1) is 5.25 Å². The van der Waals surface area contributed by atoms with Crippen molar-refractivity contribution in [2.24, 2.45) is 11.0 Å². The van der Waals surface area contributed by atoms with Gasteiger partial charge in [-0.25, -0.2) is 17.6 Å². The van der Waals surface area contributed by atoms with Crippen LogP contribution in [0.1, 0.15) is 56.1 Å². The number of rotatable bonds is 11. The van der Waals surface area contributed by atoms with Crippen LogP contribution in [0.25, 0.3) is 10.4 Å².